The lowest BCUT2D eigenvalue weighted by Crippen LogP contribution is -2.47. The number of rotatable bonds is 5. The monoisotopic (exact) mass is 460 g/mol. The fourth-order valence-corrected chi connectivity index (χ4v) is 6.20. The molecule has 0 aliphatic carbocycles. The fourth-order valence-electron chi connectivity index (χ4n) is 4.84. The number of hydrogen-bond acceptors (Lipinski definition) is 4. The normalized spacial score (nSPS) is 25.3. The maximum atomic E-state index is 14.0. The van der Waals surface area contributed by atoms with Crippen LogP contribution in [0.4, 0.5) is 0 Å². The number of ketones is 1. The lowest BCUT2D eigenvalue weighted by atomic mass is 9.72. The average Bonchev–Trinajstić information content (AvgIpc) is 3.26. The fraction of sp³-hybridized carbons (Fsp3) is 0.444. The summed E-state index contributed by atoms with van der Waals surface area (Å²) >= 11 is 0. The quantitative estimate of drug-likeness (QED) is 0.482. The van der Waals surface area contributed by atoms with Crippen LogP contribution in [-0.2, 0) is 25.9 Å². The predicted octanol–water partition coefficient (Wildman–Crippen LogP) is 4.61. The zero-order chi connectivity index (χ0) is 24.0. The average molecular weight is 461 g/mol. The maximum Gasteiger partial charge on any atom is 0.241 e. The second-order valence-corrected chi connectivity index (χ2v) is 15.6. The molecule has 2 aliphatic heterocycles. The highest BCUT2D eigenvalue weighted by Gasteiger charge is 2.62. The van der Waals surface area contributed by atoms with Gasteiger partial charge in [0.05, 0.1) is 23.8 Å². The Morgan fingerprint density at radius 3 is 2.27 bits per heavy atom. The molecule has 3 atom stereocenters. The van der Waals surface area contributed by atoms with Gasteiger partial charge in [-0.3, -0.25) is 9.59 Å². The van der Waals surface area contributed by atoms with Crippen LogP contribution in [0, 0.1) is 11.3 Å². The Morgan fingerprint density at radius 2 is 1.73 bits per heavy atom. The zero-order valence-corrected chi connectivity index (χ0v) is 21.1. The lowest BCUT2D eigenvalue weighted by Gasteiger charge is -2.38. The van der Waals surface area contributed by atoms with Crippen molar-refractivity contribution in [3.63, 3.8) is 0 Å². The van der Waals surface area contributed by atoms with Crippen molar-refractivity contribution in [2.75, 3.05) is 6.54 Å². The van der Waals surface area contributed by atoms with Crippen molar-refractivity contribution in [3.8, 4) is 6.07 Å². The van der Waals surface area contributed by atoms with Crippen LogP contribution < -0.4 is 0 Å². The summed E-state index contributed by atoms with van der Waals surface area (Å²) in [4.78, 5) is 29.7. The highest BCUT2D eigenvalue weighted by Crippen LogP contribution is 2.45. The van der Waals surface area contributed by atoms with Gasteiger partial charge in [-0.15, -0.1) is 0 Å². The Hall–Kier alpha value is -2.75. The molecule has 5 nitrogen and oxygen atoms in total. The molecule has 0 N–H and O–H groups in total. The number of carbonyl (C=O) groups excluding carboxylic acids is 2. The molecule has 0 bridgehead atoms. The number of hydrogen-bond donors (Lipinski definition) is 0. The third-order valence-electron chi connectivity index (χ3n) is 7.70. The SMILES string of the molecule is CC(C)(C)[Si](C)(C)O[C@H]1C[C@H]2C(=O)C(Cc3ccc(C#N)cc3)(c3ccccc3)C(=O)N2C1. The molecule has 2 aromatic rings. The summed E-state index contributed by atoms with van der Waals surface area (Å²) in [6.07, 6.45) is 0.743. The van der Waals surface area contributed by atoms with Crippen molar-refractivity contribution < 1.29 is 14.0 Å². The minimum atomic E-state index is -2.01. The van der Waals surface area contributed by atoms with Crippen molar-refractivity contribution in [1.29, 1.82) is 5.26 Å². The Bertz CT molecular complexity index is 1070. The Kier molecular flexibility index (Phi) is 5.84. The van der Waals surface area contributed by atoms with Gasteiger partial charge in [0, 0.05) is 13.0 Å². The van der Waals surface area contributed by atoms with Gasteiger partial charge < -0.3 is 9.33 Å². The van der Waals surface area contributed by atoms with Crippen molar-refractivity contribution in [2.45, 2.75) is 69.3 Å². The molecule has 0 aromatic heterocycles. The molecule has 1 unspecified atom stereocenters. The Labute approximate surface area is 197 Å². The lowest BCUT2D eigenvalue weighted by molar-refractivity contribution is -0.134. The molecule has 2 aliphatic rings. The molecule has 2 saturated heterocycles. The number of nitriles is 1. The van der Waals surface area contributed by atoms with E-state index in [4.69, 9.17) is 9.69 Å². The molecule has 2 heterocycles. The first-order valence-corrected chi connectivity index (χ1v) is 14.5. The standard InChI is InChI=1S/C27H32N2O3Si/c1-26(2,3)33(4,5)32-22-15-23-24(30)27(25(31)29(23)18-22,21-9-7-6-8-10-21)16-19-11-13-20(17-28)14-12-19/h6-14,22-23H,15-16,18H2,1-5H3/t22-,23-,27?/m0/s1. The van der Waals surface area contributed by atoms with Crippen molar-refractivity contribution >= 4 is 20.0 Å². The molecule has 4 rings (SSSR count). The second-order valence-electron chi connectivity index (χ2n) is 10.8. The molecule has 1 amide bonds. The van der Waals surface area contributed by atoms with Crippen molar-refractivity contribution in [2.24, 2.45) is 0 Å². The number of benzene rings is 2. The van der Waals surface area contributed by atoms with E-state index >= 15 is 0 Å². The number of Topliss-reactive ketones (excluding diaryl/α,β-unsaturated/α-hetero) is 1. The molecule has 0 saturated carbocycles. The molecule has 6 heteroatoms. The van der Waals surface area contributed by atoms with E-state index in [0.717, 1.165) is 11.1 Å². The third-order valence-corrected chi connectivity index (χ3v) is 12.2. The van der Waals surface area contributed by atoms with Gasteiger partial charge in [0.15, 0.2) is 14.1 Å². The van der Waals surface area contributed by atoms with Crippen LogP contribution in [-0.4, -0.2) is 43.6 Å². The Morgan fingerprint density at radius 1 is 1.09 bits per heavy atom. The summed E-state index contributed by atoms with van der Waals surface area (Å²) in [7, 11) is -2.01. The largest absolute Gasteiger partial charge is 0.412 e. The summed E-state index contributed by atoms with van der Waals surface area (Å²) in [6, 6.07) is 18.2. The van der Waals surface area contributed by atoms with Crippen LogP contribution in [0.15, 0.2) is 54.6 Å². The Balaban J connectivity index is 1.66. The van der Waals surface area contributed by atoms with Crippen molar-refractivity contribution in [3.05, 3.63) is 71.3 Å². The molecular formula is C27H32N2O3Si. The highest BCUT2D eigenvalue weighted by molar-refractivity contribution is 6.74. The molecule has 0 radical (unpaired) electrons. The number of amides is 1. The van der Waals surface area contributed by atoms with Gasteiger partial charge in [-0.05, 0) is 47.8 Å². The molecule has 172 valence electrons. The summed E-state index contributed by atoms with van der Waals surface area (Å²) in [5.74, 6) is -0.168. The first-order valence-electron chi connectivity index (χ1n) is 11.6. The van der Waals surface area contributed by atoms with Crippen LogP contribution in [0.3, 0.4) is 0 Å². The van der Waals surface area contributed by atoms with E-state index in [0.29, 0.717) is 24.9 Å². The van der Waals surface area contributed by atoms with Gasteiger partial charge in [-0.1, -0.05) is 63.2 Å². The van der Waals surface area contributed by atoms with E-state index in [1.54, 1.807) is 17.0 Å². The van der Waals surface area contributed by atoms with Crippen LogP contribution in [0.25, 0.3) is 0 Å². The van der Waals surface area contributed by atoms with Crippen LogP contribution in [0.1, 0.15) is 43.9 Å². The van der Waals surface area contributed by atoms with E-state index < -0.39 is 19.8 Å². The van der Waals surface area contributed by atoms with Gasteiger partial charge in [-0.25, -0.2) is 0 Å². The van der Waals surface area contributed by atoms with E-state index in [1.165, 1.54) is 0 Å². The molecule has 2 aromatic carbocycles. The van der Waals surface area contributed by atoms with Crippen LogP contribution >= 0.6 is 0 Å². The zero-order valence-electron chi connectivity index (χ0n) is 20.1. The van der Waals surface area contributed by atoms with E-state index in [9.17, 15) is 9.59 Å². The summed E-state index contributed by atoms with van der Waals surface area (Å²) < 4.78 is 6.58. The molecule has 0 spiro atoms. The summed E-state index contributed by atoms with van der Waals surface area (Å²) in [6.45, 7) is 11.5. The number of nitrogens with zero attached hydrogens (tertiary/aromatic N) is 2. The van der Waals surface area contributed by atoms with Crippen LogP contribution in [0.5, 0.6) is 0 Å². The van der Waals surface area contributed by atoms with Gasteiger partial charge in [-0.2, -0.15) is 5.26 Å². The number of carbonyl (C=O) groups is 2. The molecule has 2 fully saturated rings. The topological polar surface area (TPSA) is 70.4 Å². The number of fused-ring (bicyclic) bond motifs is 1. The highest BCUT2D eigenvalue weighted by atomic mass is 28.4. The maximum absolute atomic E-state index is 14.0. The van der Waals surface area contributed by atoms with E-state index in [1.807, 2.05) is 42.5 Å². The minimum absolute atomic E-state index is 0.0376. The first-order chi connectivity index (χ1) is 15.5. The van der Waals surface area contributed by atoms with Gasteiger partial charge >= 0.3 is 0 Å². The van der Waals surface area contributed by atoms with Crippen LogP contribution in [0.2, 0.25) is 18.1 Å². The van der Waals surface area contributed by atoms with Crippen molar-refractivity contribution in [1.82, 2.24) is 4.90 Å². The molecule has 33 heavy (non-hydrogen) atoms. The third kappa shape index (κ3) is 3.94. The first kappa shape index (κ1) is 23.4. The predicted molar refractivity (Wildman–Crippen MR) is 130 cm³/mol. The van der Waals surface area contributed by atoms with E-state index in [-0.39, 0.29) is 22.8 Å². The van der Waals surface area contributed by atoms with Gasteiger partial charge in [0.1, 0.15) is 5.41 Å². The second kappa shape index (κ2) is 8.23. The van der Waals surface area contributed by atoms with E-state index in [2.05, 4.69) is 39.9 Å². The van der Waals surface area contributed by atoms with Gasteiger partial charge in [0.2, 0.25) is 5.91 Å². The minimum Gasteiger partial charge on any atom is -0.412 e. The van der Waals surface area contributed by atoms with Gasteiger partial charge in [0.25, 0.3) is 0 Å². The smallest absolute Gasteiger partial charge is 0.241 e. The molecular weight excluding hydrogens is 428 g/mol. The summed E-state index contributed by atoms with van der Waals surface area (Å²) in [5, 5.41) is 9.18. The summed E-state index contributed by atoms with van der Waals surface area (Å²) in [5.41, 5.74) is 0.931.